The van der Waals surface area contributed by atoms with Crippen LogP contribution in [0.4, 0.5) is 0 Å². The van der Waals surface area contributed by atoms with Crippen LogP contribution < -0.4 is 5.73 Å². The minimum Gasteiger partial charge on any atom is -0.480 e. The van der Waals surface area contributed by atoms with Gasteiger partial charge in [-0.05, 0) is 12.2 Å². The predicted octanol–water partition coefficient (Wildman–Crippen LogP) is -0.601. The van der Waals surface area contributed by atoms with E-state index < -0.39 is 23.4 Å². The molecule has 0 aromatic rings. The highest BCUT2D eigenvalue weighted by Gasteiger charge is 2.08. The molecule has 74 valence electrons. The molecule has 6 nitrogen and oxygen atoms in total. The molecular formula is C4H11NO5S2. The maximum absolute atomic E-state index is 9.93. The molecule has 0 aliphatic carbocycles. The van der Waals surface area contributed by atoms with Gasteiger partial charge >= 0.3 is 5.97 Å². The van der Waals surface area contributed by atoms with Gasteiger partial charge in [0.1, 0.15) is 6.04 Å². The Morgan fingerprint density at radius 3 is 2.00 bits per heavy atom. The Morgan fingerprint density at radius 2 is 1.92 bits per heavy atom. The van der Waals surface area contributed by atoms with Crippen molar-refractivity contribution in [3.8, 4) is 0 Å². The van der Waals surface area contributed by atoms with Gasteiger partial charge in [0.15, 0.2) is 0 Å². The first-order chi connectivity index (χ1) is 5.41. The molecular weight excluding hydrogens is 206 g/mol. The third kappa shape index (κ3) is 16.4. The van der Waals surface area contributed by atoms with Gasteiger partial charge in [0.05, 0.1) is 0 Å². The van der Waals surface area contributed by atoms with E-state index in [4.69, 9.17) is 24.2 Å². The van der Waals surface area contributed by atoms with E-state index in [2.05, 4.69) is 12.6 Å². The highest BCUT2D eigenvalue weighted by atomic mass is 32.2. The number of thiol groups is 1. The van der Waals surface area contributed by atoms with Gasteiger partial charge in [0, 0.05) is 0 Å². The summed E-state index contributed by atoms with van der Waals surface area (Å²) in [4.78, 5) is 9.93. The van der Waals surface area contributed by atoms with Crippen molar-refractivity contribution in [1.29, 1.82) is 0 Å². The third-order valence-corrected chi connectivity index (χ3v) is 1.02. The van der Waals surface area contributed by atoms with Crippen molar-refractivity contribution in [2.24, 2.45) is 5.73 Å². The lowest BCUT2D eigenvalue weighted by Crippen LogP contribution is -2.30. The van der Waals surface area contributed by atoms with Crippen molar-refractivity contribution < 1.29 is 23.2 Å². The minimum absolute atomic E-state index is 0.429. The zero-order valence-corrected chi connectivity index (χ0v) is 7.79. The van der Waals surface area contributed by atoms with Crippen LogP contribution in [0.2, 0.25) is 0 Å². The first kappa shape index (κ1) is 14.4. The maximum Gasteiger partial charge on any atom is 0.320 e. The fourth-order valence-electron chi connectivity index (χ4n) is 0.263. The second-order valence-electron chi connectivity index (χ2n) is 1.69. The molecule has 0 bridgehead atoms. The average molecular weight is 217 g/mol. The molecule has 1 atom stereocenters. The van der Waals surface area contributed by atoms with Crippen molar-refractivity contribution in [2.45, 2.75) is 12.5 Å². The van der Waals surface area contributed by atoms with E-state index in [1.165, 1.54) is 0 Å². The van der Waals surface area contributed by atoms with E-state index in [1.54, 1.807) is 0 Å². The zero-order chi connectivity index (χ0) is 10.1. The Balaban J connectivity index is 0. The highest BCUT2D eigenvalue weighted by Crippen LogP contribution is 1.88. The Kier molecular flexibility index (Phi) is 10.7. The summed E-state index contributed by atoms with van der Waals surface area (Å²) in [5.74, 6) is -0.438. The molecule has 0 aromatic heterocycles. The molecule has 0 amide bonds. The monoisotopic (exact) mass is 217 g/mol. The number of nitrogens with two attached hydrogens (primary N) is 1. The zero-order valence-electron chi connectivity index (χ0n) is 6.08. The van der Waals surface area contributed by atoms with Gasteiger partial charge in [-0.2, -0.15) is 16.8 Å². The van der Waals surface area contributed by atoms with Gasteiger partial charge in [-0.25, -0.2) is 0 Å². The largest absolute Gasteiger partial charge is 0.480 e. The van der Waals surface area contributed by atoms with Crippen LogP contribution in [0.3, 0.4) is 0 Å². The Bertz CT molecular complexity index is 148. The van der Waals surface area contributed by atoms with Gasteiger partial charge in [0.2, 0.25) is 0 Å². The van der Waals surface area contributed by atoms with Crippen molar-refractivity contribution >= 4 is 30.0 Å². The number of carbonyl (C=O) groups is 1. The third-order valence-electron chi connectivity index (χ3n) is 0.757. The summed E-state index contributed by atoms with van der Waals surface area (Å²) in [6.07, 6.45) is 0.429. The van der Waals surface area contributed by atoms with Crippen LogP contribution in [0.1, 0.15) is 6.42 Å². The lowest BCUT2D eigenvalue weighted by molar-refractivity contribution is -0.138. The molecule has 0 aromatic carbocycles. The molecule has 8 heteroatoms. The maximum atomic E-state index is 9.93. The quantitative estimate of drug-likeness (QED) is 0.318. The molecule has 0 radical (unpaired) electrons. The predicted molar refractivity (Wildman–Crippen MR) is 47.5 cm³/mol. The SMILES string of the molecule is N[C@@H](CCS)C(=O)O.O=S(O)O. The first-order valence-electron chi connectivity index (χ1n) is 2.81. The van der Waals surface area contributed by atoms with Gasteiger partial charge in [-0.1, -0.05) is 0 Å². The van der Waals surface area contributed by atoms with Gasteiger partial charge in [0.25, 0.3) is 11.4 Å². The van der Waals surface area contributed by atoms with Gasteiger partial charge in [-0.15, -0.1) is 0 Å². The topological polar surface area (TPSA) is 121 Å². The lowest BCUT2D eigenvalue weighted by atomic mass is 10.2. The fourth-order valence-corrected chi connectivity index (χ4v) is 0.541. The van der Waals surface area contributed by atoms with Crippen LogP contribution in [-0.4, -0.2) is 36.2 Å². The number of carboxylic acids is 1. The molecule has 0 heterocycles. The lowest BCUT2D eigenvalue weighted by Gasteiger charge is -2.00. The fraction of sp³-hybridized carbons (Fsp3) is 0.750. The smallest absolute Gasteiger partial charge is 0.320 e. The number of hydrogen-bond acceptors (Lipinski definition) is 4. The normalized spacial score (nSPS) is 11.8. The van der Waals surface area contributed by atoms with E-state index in [9.17, 15) is 4.79 Å². The van der Waals surface area contributed by atoms with Crippen molar-refractivity contribution in [1.82, 2.24) is 0 Å². The van der Waals surface area contributed by atoms with Crippen LogP contribution in [0.15, 0.2) is 0 Å². The number of aliphatic carboxylic acids is 1. The number of rotatable bonds is 3. The molecule has 0 aliphatic heterocycles. The molecule has 5 N–H and O–H groups in total. The van der Waals surface area contributed by atoms with E-state index in [0.717, 1.165) is 0 Å². The molecule has 0 spiro atoms. The summed E-state index contributed by atoms with van der Waals surface area (Å²) in [5.41, 5.74) is 5.08. The van der Waals surface area contributed by atoms with Crippen LogP contribution >= 0.6 is 12.6 Å². The minimum atomic E-state index is -2.61. The number of hydrogen-bond donors (Lipinski definition) is 5. The number of carboxylic acid groups (broad SMARTS) is 1. The van der Waals surface area contributed by atoms with Crippen molar-refractivity contribution in [3.05, 3.63) is 0 Å². The summed E-state index contributed by atoms with van der Waals surface area (Å²) >= 11 is 1.20. The Hall–Kier alpha value is -0.150. The van der Waals surface area contributed by atoms with Crippen LogP contribution in [-0.2, 0) is 16.2 Å². The summed E-state index contributed by atoms with van der Waals surface area (Å²) < 4.78 is 22.8. The summed E-state index contributed by atoms with van der Waals surface area (Å²) in [5, 5.41) is 8.15. The molecule has 0 saturated carbocycles. The molecule has 12 heavy (non-hydrogen) atoms. The molecule has 0 aliphatic rings. The Labute approximate surface area is 77.7 Å². The van der Waals surface area contributed by atoms with Crippen molar-refractivity contribution in [3.63, 3.8) is 0 Å². The molecule has 0 fully saturated rings. The van der Waals surface area contributed by atoms with Crippen LogP contribution in [0.5, 0.6) is 0 Å². The molecule has 0 rings (SSSR count). The van der Waals surface area contributed by atoms with E-state index in [1.807, 2.05) is 0 Å². The van der Waals surface area contributed by atoms with Crippen molar-refractivity contribution in [2.75, 3.05) is 5.75 Å². The van der Waals surface area contributed by atoms with E-state index >= 15 is 0 Å². The van der Waals surface area contributed by atoms with E-state index in [0.29, 0.717) is 12.2 Å². The molecule has 0 unspecified atom stereocenters. The summed E-state index contributed by atoms with van der Waals surface area (Å²) in [7, 11) is 0. The van der Waals surface area contributed by atoms with Crippen LogP contribution in [0.25, 0.3) is 0 Å². The second-order valence-corrected chi connectivity index (χ2v) is 2.60. The standard InChI is InChI=1S/C4H9NO2S.H2O3S/c5-3(1-2-8)4(6)7;1-4(2)3/h3,8H,1-2,5H2,(H,6,7);(H2,1,2,3)/t3-;/m0./s1. The van der Waals surface area contributed by atoms with E-state index in [-0.39, 0.29) is 0 Å². The van der Waals surface area contributed by atoms with Crippen LogP contribution in [0, 0.1) is 0 Å². The summed E-state index contributed by atoms with van der Waals surface area (Å²) in [6, 6.07) is -0.743. The summed E-state index contributed by atoms with van der Waals surface area (Å²) in [6.45, 7) is 0. The average Bonchev–Trinajstić information content (AvgIpc) is 1.86. The first-order valence-corrected chi connectivity index (χ1v) is 4.50. The molecule has 0 saturated heterocycles. The Morgan fingerprint density at radius 1 is 1.58 bits per heavy atom. The highest BCUT2D eigenvalue weighted by molar-refractivity contribution is 7.80. The van der Waals surface area contributed by atoms with Gasteiger partial charge in [-0.3, -0.25) is 13.9 Å². The second kappa shape index (κ2) is 8.94. The van der Waals surface area contributed by atoms with Gasteiger partial charge < -0.3 is 10.8 Å².